The van der Waals surface area contributed by atoms with Gasteiger partial charge in [-0.05, 0) is 77.3 Å². The first-order valence-electron chi connectivity index (χ1n) is 9.49. The number of nitrogens with zero attached hydrogens (tertiary/aromatic N) is 3. The molecule has 2 heterocycles. The standard InChI is InChI=1S/C20H33N3/c1-18-7-8-20(19(2)17-18)23-15-13-22(14-16-23)12-6-5-11-21-9-3-4-10-21/h7-8,17H,3-6,9-16H2,1-2H3. The lowest BCUT2D eigenvalue weighted by Crippen LogP contribution is -2.46. The van der Waals surface area contributed by atoms with E-state index in [0.29, 0.717) is 0 Å². The van der Waals surface area contributed by atoms with Crippen molar-refractivity contribution in [2.45, 2.75) is 39.5 Å². The zero-order valence-corrected chi connectivity index (χ0v) is 15.1. The second kappa shape index (κ2) is 8.16. The van der Waals surface area contributed by atoms with Gasteiger partial charge in [-0.1, -0.05) is 17.7 Å². The summed E-state index contributed by atoms with van der Waals surface area (Å²) in [7, 11) is 0. The first-order valence-corrected chi connectivity index (χ1v) is 9.49. The molecule has 0 aromatic heterocycles. The van der Waals surface area contributed by atoms with Crippen LogP contribution in [0.1, 0.15) is 36.8 Å². The van der Waals surface area contributed by atoms with Crippen LogP contribution >= 0.6 is 0 Å². The molecule has 3 heteroatoms. The molecule has 1 aromatic carbocycles. The van der Waals surface area contributed by atoms with Crippen LogP contribution in [0.5, 0.6) is 0 Å². The third-order valence-electron chi connectivity index (χ3n) is 5.46. The summed E-state index contributed by atoms with van der Waals surface area (Å²) in [5.74, 6) is 0. The van der Waals surface area contributed by atoms with Gasteiger partial charge in [-0.2, -0.15) is 0 Å². The summed E-state index contributed by atoms with van der Waals surface area (Å²) in [4.78, 5) is 7.86. The van der Waals surface area contributed by atoms with E-state index in [-0.39, 0.29) is 0 Å². The zero-order valence-electron chi connectivity index (χ0n) is 15.1. The summed E-state index contributed by atoms with van der Waals surface area (Å²) in [5, 5.41) is 0. The highest BCUT2D eigenvalue weighted by atomic mass is 15.3. The van der Waals surface area contributed by atoms with Crippen LogP contribution in [0.3, 0.4) is 0 Å². The van der Waals surface area contributed by atoms with Crippen LogP contribution in [0, 0.1) is 13.8 Å². The van der Waals surface area contributed by atoms with E-state index >= 15 is 0 Å². The monoisotopic (exact) mass is 315 g/mol. The second-order valence-corrected chi connectivity index (χ2v) is 7.37. The average Bonchev–Trinajstić information content (AvgIpc) is 3.06. The van der Waals surface area contributed by atoms with Crippen molar-refractivity contribution in [3.05, 3.63) is 29.3 Å². The number of aryl methyl sites for hydroxylation is 2. The maximum Gasteiger partial charge on any atom is 0.0396 e. The number of piperazine rings is 1. The van der Waals surface area contributed by atoms with E-state index in [1.165, 1.54) is 94.9 Å². The van der Waals surface area contributed by atoms with E-state index in [2.05, 4.69) is 46.7 Å². The van der Waals surface area contributed by atoms with Crippen LogP contribution in [0.15, 0.2) is 18.2 Å². The molecule has 3 rings (SSSR count). The lowest BCUT2D eigenvalue weighted by atomic mass is 10.1. The van der Waals surface area contributed by atoms with Crippen LogP contribution in [-0.4, -0.2) is 62.2 Å². The zero-order chi connectivity index (χ0) is 16.1. The van der Waals surface area contributed by atoms with Gasteiger partial charge in [0, 0.05) is 31.9 Å². The highest BCUT2D eigenvalue weighted by Crippen LogP contribution is 2.22. The number of hydrogen-bond acceptors (Lipinski definition) is 3. The fourth-order valence-corrected chi connectivity index (χ4v) is 4.05. The molecule has 0 spiro atoms. The molecular formula is C20H33N3. The van der Waals surface area contributed by atoms with Crippen LogP contribution in [0.4, 0.5) is 5.69 Å². The van der Waals surface area contributed by atoms with E-state index < -0.39 is 0 Å². The van der Waals surface area contributed by atoms with Gasteiger partial charge in [0.15, 0.2) is 0 Å². The summed E-state index contributed by atoms with van der Waals surface area (Å²) in [6.07, 6.45) is 5.57. The Balaban J connectivity index is 1.36. The van der Waals surface area contributed by atoms with Gasteiger partial charge in [0.05, 0.1) is 0 Å². The number of anilines is 1. The highest BCUT2D eigenvalue weighted by molar-refractivity contribution is 5.54. The summed E-state index contributed by atoms with van der Waals surface area (Å²) < 4.78 is 0. The van der Waals surface area contributed by atoms with Gasteiger partial charge in [0.25, 0.3) is 0 Å². The van der Waals surface area contributed by atoms with Gasteiger partial charge in [0.1, 0.15) is 0 Å². The molecule has 128 valence electrons. The van der Waals surface area contributed by atoms with E-state index in [9.17, 15) is 0 Å². The molecule has 2 aliphatic heterocycles. The third-order valence-corrected chi connectivity index (χ3v) is 5.46. The molecule has 0 bridgehead atoms. The Morgan fingerprint density at radius 1 is 0.783 bits per heavy atom. The molecule has 3 nitrogen and oxygen atoms in total. The lowest BCUT2D eigenvalue weighted by Gasteiger charge is -2.37. The molecule has 0 saturated carbocycles. The number of unbranched alkanes of at least 4 members (excludes halogenated alkanes) is 1. The summed E-state index contributed by atoms with van der Waals surface area (Å²) in [6, 6.07) is 6.85. The second-order valence-electron chi connectivity index (χ2n) is 7.37. The maximum atomic E-state index is 2.66. The Hall–Kier alpha value is -1.06. The Morgan fingerprint density at radius 3 is 2.00 bits per heavy atom. The number of benzene rings is 1. The minimum atomic E-state index is 1.18. The van der Waals surface area contributed by atoms with E-state index in [0.717, 1.165) is 0 Å². The highest BCUT2D eigenvalue weighted by Gasteiger charge is 2.18. The van der Waals surface area contributed by atoms with Crippen molar-refractivity contribution < 1.29 is 0 Å². The first kappa shape index (κ1) is 16.8. The molecular weight excluding hydrogens is 282 g/mol. The molecule has 1 aromatic rings. The quantitative estimate of drug-likeness (QED) is 0.746. The van der Waals surface area contributed by atoms with E-state index in [1.54, 1.807) is 0 Å². The Bertz CT molecular complexity index is 486. The van der Waals surface area contributed by atoms with E-state index in [4.69, 9.17) is 0 Å². The predicted octanol–water partition coefficient (Wildman–Crippen LogP) is 3.30. The van der Waals surface area contributed by atoms with Crippen molar-refractivity contribution >= 4 is 5.69 Å². The van der Waals surface area contributed by atoms with Crippen molar-refractivity contribution in [1.82, 2.24) is 9.80 Å². The largest absolute Gasteiger partial charge is 0.369 e. The van der Waals surface area contributed by atoms with Gasteiger partial charge in [0.2, 0.25) is 0 Å². The van der Waals surface area contributed by atoms with Crippen LogP contribution in [-0.2, 0) is 0 Å². The van der Waals surface area contributed by atoms with Gasteiger partial charge in [-0.3, -0.25) is 4.90 Å². The molecule has 0 atom stereocenters. The van der Waals surface area contributed by atoms with Crippen molar-refractivity contribution in [1.29, 1.82) is 0 Å². The average molecular weight is 316 g/mol. The summed E-state index contributed by atoms with van der Waals surface area (Å²) >= 11 is 0. The molecule has 0 N–H and O–H groups in total. The molecule has 2 saturated heterocycles. The molecule has 0 aliphatic carbocycles. The van der Waals surface area contributed by atoms with E-state index in [1.807, 2.05) is 0 Å². The fraction of sp³-hybridized carbons (Fsp3) is 0.700. The summed E-state index contributed by atoms with van der Waals surface area (Å²) in [5.41, 5.74) is 4.22. The van der Waals surface area contributed by atoms with Crippen molar-refractivity contribution in [2.75, 3.05) is 57.3 Å². The fourth-order valence-electron chi connectivity index (χ4n) is 4.05. The van der Waals surface area contributed by atoms with Gasteiger partial charge >= 0.3 is 0 Å². The molecule has 0 unspecified atom stereocenters. The Morgan fingerprint density at radius 2 is 1.39 bits per heavy atom. The predicted molar refractivity (Wildman–Crippen MR) is 99.5 cm³/mol. The van der Waals surface area contributed by atoms with Gasteiger partial charge in [-0.15, -0.1) is 0 Å². The molecule has 0 amide bonds. The Labute approximate surface area is 142 Å². The topological polar surface area (TPSA) is 9.72 Å². The maximum absolute atomic E-state index is 2.66. The minimum Gasteiger partial charge on any atom is -0.369 e. The smallest absolute Gasteiger partial charge is 0.0396 e. The van der Waals surface area contributed by atoms with Crippen molar-refractivity contribution in [3.63, 3.8) is 0 Å². The lowest BCUT2D eigenvalue weighted by molar-refractivity contribution is 0.244. The number of hydrogen-bond donors (Lipinski definition) is 0. The molecule has 2 fully saturated rings. The minimum absolute atomic E-state index is 1.18. The third kappa shape index (κ3) is 4.71. The summed E-state index contributed by atoms with van der Waals surface area (Å²) in [6.45, 7) is 14.5. The van der Waals surface area contributed by atoms with Crippen LogP contribution in [0.2, 0.25) is 0 Å². The van der Waals surface area contributed by atoms with Crippen LogP contribution in [0.25, 0.3) is 0 Å². The van der Waals surface area contributed by atoms with Gasteiger partial charge < -0.3 is 9.80 Å². The van der Waals surface area contributed by atoms with Gasteiger partial charge in [-0.25, -0.2) is 0 Å². The number of rotatable bonds is 6. The SMILES string of the molecule is Cc1ccc(N2CCN(CCCCN3CCCC3)CC2)c(C)c1. The molecule has 0 radical (unpaired) electrons. The number of likely N-dealkylation sites (tertiary alicyclic amines) is 1. The first-order chi connectivity index (χ1) is 11.2. The molecule has 2 aliphatic rings. The van der Waals surface area contributed by atoms with Crippen molar-refractivity contribution in [2.24, 2.45) is 0 Å². The molecule has 23 heavy (non-hydrogen) atoms. The van der Waals surface area contributed by atoms with Crippen molar-refractivity contribution in [3.8, 4) is 0 Å². The van der Waals surface area contributed by atoms with Crippen LogP contribution < -0.4 is 4.90 Å². The normalized spacial score (nSPS) is 20.3. The Kier molecular flexibility index (Phi) is 5.96.